The van der Waals surface area contributed by atoms with Crippen LogP contribution in [-0.2, 0) is 11.2 Å². The molecule has 1 amide bonds. The highest BCUT2D eigenvalue weighted by Crippen LogP contribution is 2.27. The van der Waals surface area contributed by atoms with E-state index in [4.69, 9.17) is 5.11 Å². The zero-order valence-corrected chi connectivity index (χ0v) is 12.3. The van der Waals surface area contributed by atoms with Gasteiger partial charge in [0.1, 0.15) is 0 Å². The van der Waals surface area contributed by atoms with Gasteiger partial charge in [0.2, 0.25) is 5.91 Å². The highest BCUT2D eigenvalue weighted by molar-refractivity contribution is 5.87. The van der Waals surface area contributed by atoms with Gasteiger partial charge in [-0.25, -0.2) is 4.79 Å². The minimum Gasteiger partial charge on any atom is -0.478 e. The SMILES string of the molecule is CC1(C(=O)NCCc2ccc(C(=O)O)cc2)CCNCC1. The summed E-state index contributed by atoms with van der Waals surface area (Å²) in [6, 6.07) is 6.77. The molecule has 114 valence electrons. The predicted octanol–water partition coefficient (Wildman–Crippen LogP) is 1.43. The molecule has 5 heteroatoms. The van der Waals surface area contributed by atoms with Gasteiger partial charge < -0.3 is 15.7 Å². The largest absolute Gasteiger partial charge is 0.478 e. The number of nitrogens with one attached hydrogen (secondary N) is 2. The third-order valence-corrected chi connectivity index (χ3v) is 4.16. The smallest absolute Gasteiger partial charge is 0.335 e. The van der Waals surface area contributed by atoms with E-state index in [1.54, 1.807) is 24.3 Å². The summed E-state index contributed by atoms with van der Waals surface area (Å²) in [5, 5.41) is 15.1. The molecule has 0 atom stereocenters. The second-order valence-electron chi connectivity index (χ2n) is 5.82. The Bertz CT molecular complexity index is 505. The molecule has 1 heterocycles. The number of rotatable bonds is 5. The molecule has 1 fully saturated rings. The van der Waals surface area contributed by atoms with Crippen LogP contribution in [0.2, 0.25) is 0 Å². The molecule has 0 saturated carbocycles. The van der Waals surface area contributed by atoms with Crippen molar-refractivity contribution >= 4 is 11.9 Å². The fraction of sp³-hybridized carbons (Fsp3) is 0.500. The highest BCUT2D eigenvalue weighted by Gasteiger charge is 2.33. The van der Waals surface area contributed by atoms with Crippen molar-refractivity contribution in [1.82, 2.24) is 10.6 Å². The second kappa shape index (κ2) is 6.72. The monoisotopic (exact) mass is 290 g/mol. The minimum absolute atomic E-state index is 0.117. The van der Waals surface area contributed by atoms with Crippen molar-refractivity contribution in [3.63, 3.8) is 0 Å². The molecule has 1 aliphatic rings. The highest BCUT2D eigenvalue weighted by atomic mass is 16.4. The molecular formula is C16H22N2O3. The summed E-state index contributed by atoms with van der Waals surface area (Å²) in [7, 11) is 0. The van der Waals surface area contributed by atoms with Crippen LogP contribution in [0.15, 0.2) is 24.3 Å². The van der Waals surface area contributed by atoms with E-state index in [2.05, 4.69) is 10.6 Å². The maximum Gasteiger partial charge on any atom is 0.335 e. The molecular weight excluding hydrogens is 268 g/mol. The third-order valence-electron chi connectivity index (χ3n) is 4.16. The van der Waals surface area contributed by atoms with Gasteiger partial charge in [-0.05, 0) is 50.0 Å². The predicted molar refractivity (Wildman–Crippen MR) is 80.3 cm³/mol. The van der Waals surface area contributed by atoms with Gasteiger partial charge in [0.15, 0.2) is 0 Å². The lowest BCUT2D eigenvalue weighted by Gasteiger charge is -2.32. The zero-order valence-electron chi connectivity index (χ0n) is 12.3. The van der Waals surface area contributed by atoms with E-state index < -0.39 is 5.97 Å². The summed E-state index contributed by atoms with van der Waals surface area (Å²) in [4.78, 5) is 23.0. The van der Waals surface area contributed by atoms with Crippen LogP contribution in [-0.4, -0.2) is 36.6 Å². The summed E-state index contributed by atoms with van der Waals surface area (Å²) in [6.07, 6.45) is 2.44. The number of carbonyl (C=O) groups excluding carboxylic acids is 1. The van der Waals surface area contributed by atoms with Crippen LogP contribution in [0.1, 0.15) is 35.7 Å². The molecule has 0 bridgehead atoms. The molecule has 1 aliphatic heterocycles. The summed E-state index contributed by atoms with van der Waals surface area (Å²) in [5.41, 5.74) is 1.04. The molecule has 0 aromatic heterocycles. The molecule has 0 aliphatic carbocycles. The molecule has 1 aromatic carbocycles. The average molecular weight is 290 g/mol. The van der Waals surface area contributed by atoms with Crippen LogP contribution >= 0.6 is 0 Å². The van der Waals surface area contributed by atoms with Gasteiger partial charge in [-0.3, -0.25) is 4.79 Å². The van der Waals surface area contributed by atoms with Crippen molar-refractivity contribution in [3.05, 3.63) is 35.4 Å². The number of hydrogen-bond acceptors (Lipinski definition) is 3. The van der Waals surface area contributed by atoms with E-state index in [1.165, 1.54) is 0 Å². The number of aromatic carboxylic acids is 1. The lowest BCUT2D eigenvalue weighted by atomic mass is 9.80. The third kappa shape index (κ3) is 4.04. The van der Waals surface area contributed by atoms with E-state index in [0.29, 0.717) is 13.0 Å². The van der Waals surface area contributed by atoms with Gasteiger partial charge in [-0.15, -0.1) is 0 Å². The van der Waals surface area contributed by atoms with Crippen LogP contribution < -0.4 is 10.6 Å². The Morgan fingerprint density at radius 1 is 1.24 bits per heavy atom. The van der Waals surface area contributed by atoms with Crippen molar-refractivity contribution in [3.8, 4) is 0 Å². The van der Waals surface area contributed by atoms with Gasteiger partial charge in [0.25, 0.3) is 0 Å². The number of piperidine rings is 1. The minimum atomic E-state index is -0.923. The molecule has 0 radical (unpaired) electrons. The standard InChI is InChI=1S/C16H22N2O3/c1-16(7-10-17-11-8-16)15(21)18-9-6-12-2-4-13(5-3-12)14(19)20/h2-5,17H,6-11H2,1H3,(H,18,21)(H,19,20). The van der Waals surface area contributed by atoms with Crippen molar-refractivity contribution in [2.75, 3.05) is 19.6 Å². The second-order valence-corrected chi connectivity index (χ2v) is 5.82. The van der Waals surface area contributed by atoms with Crippen molar-refractivity contribution < 1.29 is 14.7 Å². The van der Waals surface area contributed by atoms with Gasteiger partial charge in [0.05, 0.1) is 5.56 Å². The zero-order chi connectivity index (χ0) is 15.3. The van der Waals surface area contributed by atoms with Crippen LogP contribution in [0.5, 0.6) is 0 Å². The summed E-state index contributed by atoms with van der Waals surface area (Å²) >= 11 is 0. The maximum atomic E-state index is 12.2. The molecule has 2 rings (SSSR count). The van der Waals surface area contributed by atoms with E-state index in [0.717, 1.165) is 31.5 Å². The fourth-order valence-electron chi connectivity index (χ4n) is 2.55. The van der Waals surface area contributed by atoms with E-state index in [1.807, 2.05) is 6.92 Å². The van der Waals surface area contributed by atoms with Crippen molar-refractivity contribution in [2.45, 2.75) is 26.2 Å². The fourth-order valence-corrected chi connectivity index (χ4v) is 2.55. The lowest BCUT2D eigenvalue weighted by Crippen LogP contribution is -2.46. The van der Waals surface area contributed by atoms with Crippen LogP contribution in [0.4, 0.5) is 0 Å². The average Bonchev–Trinajstić information content (AvgIpc) is 2.48. The first-order chi connectivity index (χ1) is 10.0. The molecule has 1 aromatic rings. The van der Waals surface area contributed by atoms with Crippen molar-refractivity contribution in [1.29, 1.82) is 0 Å². The first-order valence-corrected chi connectivity index (χ1v) is 7.32. The Morgan fingerprint density at radius 3 is 2.43 bits per heavy atom. The maximum absolute atomic E-state index is 12.2. The molecule has 0 unspecified atom stereocenters. The van der Waals surface area contributed by atoms with Crippen LogP contribution in [0.3, 0.4) is 0 Å². The van der Waals surface area contributed by atoms with Gasteiger partial charge >= 0.3 is 5.97 Å². The Hall–Kier alpha value is -1.88. The Kier molecular flexibility index (Phi) is 4.96. The molecule has 1 saturated heterocycles. The number of carboxylic acid groups (broad SMARTS) is 1. The lowest BCUT2D eigenvalue weighted by molar-refractivity contribution is -0.131. The quantitative estimate of drug-likeness (QED) is 0.766. The van der Waals surface area contributed by atoms with E-state index in [-0.39, 0.29) is 16.9 Å². The molecule has 5 nitrogen and oxygen atoms in total. The molecule has 0 spiro atoms. The number of amides is 1. The first-order valence-electron chi connectivity index (χ1n) is 7.32. The van der Waals surface area contributed by atoms with E-state index >= 15 is 0 Å². The van der Waals surface area contributed by atoms with Crippen LogP contribution in [0, 0.1) is 5.41 Å². The normalized spacial score (nSPS) is 17.2. The topological polar surface area (TPSA) is 78.4 Å². The van der Waals surface area contributed by atoms with E-state index in [9.17, 15) is 9.59 Å². The Morgan fingerprint density at radius 2 is 1.86 bits per heavy atom. The first kappa shape index (κ1) is 15.5. The number of carboxylic acids is 1. The summed E-state index contributed by atoms with van der Waals surface area (Å²) < 4.78 is 0. The van der Waals surface area contributed by atoms with Gasteiger partial charge in [0, 0.05) is 12.0 Å². The number of hydrogen-bond donors (Lipinski definition) is 3. The van der Waals surface area contributed by atoms with Crippen LogP contribution in [0.25, 0.3) is 0 Å². The molecule has 3 N–H and O–H groups in total. The Labute approximate surface area is 124 Å². The summed E-state index contributed by atoms with van der Waals surface area (Å²) in [6.45, 7) is 4.38. The van der Waals surface area contributed by atoms with Crippen molar-refractivity contribution in [2.24, 2.45) is 5.41 Å². The number of carbonyl (C=O) groups is 2. The van der Waals surface area contributed by atoms with Gasteiger partial charge in [-0.2, -0.15) is 0 Å². The summed E-state index contributed by atoms with van der Waals surface area (Å²) in [5.74, 6) is -0.806. The molecule has 21 heavy (non-hydrogen) atoms. The number of benzene rings is 1. The Balaban J connectivity index is 1.80. The van der Waals surface area contributed by atoms with Gasteiger partial charge in [-0.1, -0.05) is 19.1 Å².